The van der Waals surface area contributed by atoms with E-state index in [0.717, 1.165) is 17.8 Å². The zero-order chi connectivity index (χ0) is 22.5. The Morgan fingerprint density at radius 1 is 1.09 bits per heavy atom. The number of aromatic nitrogens is 5. The van der Waals surface area contributed by atoms with Crippen molar-refractivity contribution in [2.45, 2.75) is 32.2 Å². The molecule has 5 rings (SSSR count). The average molecular weight is 444 g/mol. The number of anilines is 1. The number of imidazole rings is 1. The molecular weight excluding hydrogens is 425 g/mol. The van der Waals surface area contributed by atoms with Crippen molar-refractivity contribution in [3.8, 4) is 11.5 Å². The molecule has 0 aromatic carbocycles. The van der Waals surface area contributed by atoms with Crippen LogP contribution < -0.4 is 4.90 Å². The summed E-state index contributed by atoms with van der Waals surface area (Å²) in [5, 5.41) is 3.83. The summed E-state index contributed by atoms with van der Waals surface area (Å²) in [6, 6.07) is 4.10. The van der Waals surface area contributed by atoms with Gasteiger partial charge in [-0.25, -0.2) is 15.0 Å². The topological polar surface area (TPSA) is 81.6 Å². The lowest BCUT2D eigenvalue weighted by molar-refractivity contribution is -0.137. The van der Waals surface area contributed by atoms with E-state index in [1.165, 1.54) is 16.7 Å². The van der Waals surface area contributed by atoms with Gasteiger partial charge in [-0.2, -0.15) is 13.2 Å². The molecule has 166 valence electrons. The Bertz CT molecular complexity index is 1270. The minimum atomic E-state index is -4.46. The van der Waals surface area contributed by atoms with Gasteiger partial charge < -0.3 is 14.2 Å². The van der Waals surface area contributed by atoms with Crippen LogP contribution in [-0.2, 0) is 10.9 Å². The van der Waals surface area contributed by atoms with Crippen LogP contribution in [0.25, 0.3) is 17.2 Å². The van der Waals surface area contributed by atoms with Crippen molar-refractivity contribution >= 4 is 11.5 Å². The van der Waals surface area contributed by atoms with Gasteiger partial charge in [0.25, 0.3) is 0 Å². The van der Waals surface area contributed by atoms with Gasteiger partial charge in [0, 0.05) is 24.5 Å². The van der Waals surface area contributed by atoms with Gasteiger partial charge in [0.1, 0.15) is 29.0 Å². The number of hydrogen-bond acceptors (Lipinski definition) is 7. The number of halogens is 3. The molecule has 0 saturated carbocycles. The molecule has 32 heavy (non-hydrogen) atoms. The predicted octanol–water partition coefficient (Wildman–Crippen LogP) is 4.07. The number of pyridine rings is 1. The lowest BCUT2D eigenvalue weighted by atomic mass is 10.1. The molecule has 2 atom stereocenters. The molecule has 0 aliphatic carbocycles. The molecule has 0 amide bonds. The zero-order valence-electron chi connectivity index (χ0n) is 17.2. The fourth-order valence-corrected chi connectivity index (χ4v) is 3.89. The number of nitrogens with zero attached hydrogens (tertiary/aromatic N) is 6. The maximum absolute atomic E-state index is 13.2. The Labute approximate surface area is 180 Å². The summed E-state index contributed by atoms with van der Waals surface area (Å²) in [6.07, 6.45) is 0.940. The second-order valence-corrected chi connectivity index (χ2v) is 7.70. The number of ether oxygens (including phenoxy) is 1. The van der Waals surface area contributed by atoms with E-state index >= 15 is 0 Å². The first-order valence-corrected chi connectivity index (χ1v) is 9.99. The Hall–Kier alpha value is -3.47. The molecule has 4 aromatic heterocycles. The molecule has 5 heterocycles. The smallest absolute Gasteiger partial charge is 0.367 e. The Morgan fingerprint density at radius 2 is 1.94 bits per heavy atom. The van der Waals surface area contributed by atoms with E-state index in [9.17, 15) is 13.2 Å². The van der Waals surface area contributed by atoms with Gasteiger partial charge in [-0.3, -0.25) is 4.40 Å². The maximum atomic E-state index is 13.2. The predicted molar refractivity (Wildman–Crippen MR) is 108 cm³/mol. The third-order valence-electron chi connectivity index (χ3n) is 5.42. The van der Waals surface area contributed by atoms with Gasteiger partial charge in [0.2, 0.25) is 0 Å². The van der Waals surface area contributed by atoms with Crippen LogP contribution in [-0.4, -0.2) is 43.7 Å². The van der Waals surface area contributed by atoms with Crippen LogP contribution in [0.2, 0.25) is 0 Å². The minimum Gasteiger partial charge on any atom is -0.367 e. The molecule has 0 N–H and O–H groups in total. The monoisotopic (exact) mass is 444 g/mol. The summed E-state index contributed by atoms with van der Waals surface area (Å²) in [5.74, 6) is 1.62. The number of fused-ring (bicyclic) bond motifs is 1. The quantitative estimate of drug-likeness (QED) is 0.471. The van der Waals surface area contributed by atoms with Gasteiger partial charge in [0.05, 0.1) is 30.6 Å². The molecule has 11 heteroatoms. The second kappa shape index (κ2) is 7.59. The van der Waals surface area contributed by atoms with Crippen LogP contribution in [0, 0.1) is 6.92 Å². The molecule has 1 fully saturated rings. The molecule has 0 bridgehead atoms. The number of alkyl halides is 3. The molecule has 0 unspecified atom stereocenters. The van der Waals surface area contributed by atoms with Crippen molar-refractivity contribution in [2.75, 3.05) is 18.0 Å². The van der Waals surface area contributed by atoms with Gasteiger partial charge in [-0.15, -0.1) is 0 Å². The number of hydrogen-bond donors (Lipinski definition) is 0. The molecule has 1 saturated heterocycles. The molecule has 0 spiro atoms. The highest BCUT2D eigenvalue weighted by atomic mass is 19.4. The van der Waals surface area contributed by atoms with Crippen molar-refractivity contribution < 1.29 is 22.4 Å². The van der Waals surface area contributed by atoms with Gasteiger partial charge >= 0.3 is 6.18 Å². The molecule has 8 nitrogen and oxygen atoms in total. The molecule has 1 aliphatic heterocycles. The third kappa shape index (κ3) is 3.68. The number of morpholine rings is 1. The average Bonchev–Trinajstić information content (AvgIpc) is 3.38. The first-order valence-electron chi connectivity index (χ1n) is 9.99. The van der Waals surface area contributed by atoms with E-state index in [1.807, 2.05) is 13.8 Å². The number of aryl methyl sites for hydroxylation is 1. The van der Waals surface area contributed by atoms with E-state index in [-0.39, 0.29) is 18.0 Å². The zero-order valence-corrected chi connectivity index (χ0v) is 17.2. The van der Waals surface area contributed by atoms with Crippen molar-refractivity contribution in [2.24, 2.45) is 0 Å². The van der Waals surface area contributed by atoms with Gasteiger partial charge in [-0.05, 0) is 32.0 Å². The van der Waals surface area contributed by atoms with Gasteiger partial charge in [-0.1, -0.05) is 5.16 Å². The van der Waals surface area contributed by atoms with Crippen LogP contribution in [0.5, 0.6) is 0 Å². The number of rotatable bonds is 3. The summed E-state index contributed by atoms with van der Waals surface area (Å²) in [6.45, 7) is 4.92. The SMILES string of the molecule is Cc1oncc1[C@H]1CN(c2ccnc(-c3cnc4ccc(C(F)(F)F)cn34)n2)C[C@@H](C)O1. The van der Waals surface area contributed by atoms with Crippen LogP contribution in [0.15, 0.2) is 47.5 Å². The summed E-state index contributed by atoms with van der Waals surface area (Å²) in [4.78, 5) is 15.2. The summed E-state index contributed by atoms with van der Waals surface area (Å²) in [7, 11) is 0. The highest BCUT2D eigenvalue weighted by Crippen LogP contribution is 2.32. The Balaban J connectivity index is 1.49. The van der Waals surface area contributed by atoms with E-state index in [2.05, 4.69) is 25.0 Å². The summed E-state index contributed by atoms with van der Waals surface area (Å²) < 4.78 is 52.1. The fourth-order valence-electron chi connectivity index (χ4n) is 3.89. The standard InChI is InChI=1S/C21H19F3N6O2/c1-12-9-29(11-17(31-12)15-7-27-32-13(15)2)19-5-6-25-20(28-19)16-8-26-18-4-3-14(10-30(16)18)21(22,23)24/h3-8,10,12,17H,9,11H2,1-2H3/t12-,17-/m1/s1. The molecule has 0 radical (unpaired) electrons. The molecular formula is C21H19F3N6O2. The first kappa shape index (κ1) is 20.4. The lowest BCUT2D eigenvalue weighted by Crippen LogP contribution is -2.43. The second-order valence-electron chi connectivity index (χ2n) is 7.70. The van der Waals surface area contributed by atoms with Crippen LogP contribution in [0.1, 0.15) is 29.9 Å². The normalized spacial score (nSPS) is 19.6. The van der Waals surface area contributed by atoms with E-state index in [4.69, 9.17) is 9.26 Å². The van der Waals surface area contributed by atoms with Crippen molar-refractivity contribution in [1.82, 2.24) is 24.5 Å². The maximum Gasteiger partial charge on any atom is 0.417 e. The molecule has 4 aromatic rings. The Kier molecular flexibility index (Phi) is 4.85. The highest BCUT2D eigenvalue weighted by molar-refractivity contribution is 5.59. The largest absolute Gasteiger partial charge is 0.417 e. The third-order valence-corrected chi connectivity index (χ3v) is 5.42. The van der Waals surface area contributed by atoms with Crippen LogP contribution >= 0.6 is 0 Å². The Morgan fingerprint density at radius 3 is 2.69 bits per heavy atom. The van der Waals surface area contributed by atoms with Crippen LogP contribution in [0.4, 0.5) is 19.0 Å². The fraction of sp³-hybridized carbons (Fsp3) is 0.333. The van der Waals surface area contributed by atoms with Gasteiger partial charge in [0.15, 0.2) is 5.82 Å². The summed E-state index contributed by atoms with van der Waals surface area (Å²) >= 11 is 0. The minimum absolute atomic E-state index is 0.0772. The van der Waals surface area contributed by atoms with Crippen molar-refractivity contribution in [3.63, 3.8) is 0 Å². The van der Waals surface area contributed by atoms with E-state index in [1.54, 1.807) is 18.5 Å². The molecule has 1 aliphatic rings. The van der Waals surface area contributed by atoms with E-state index in [0.29, 0.717) is 36.0 Å². The van der Waals surface area contributed by atoms with Crippen molar-refractivity contribution in [1.29, 1.82) is 0 Å². The summed E-state index contributed by atoms with van der Waals surface area (Å²) in [5.41, 5.74) is 0.859. The highest BCUT2D eigenvalue weighted by Gasteiger charge is 2.32. The van der Waals surface area contributed by atoms with Crippen LogP contribution in [0.3, 0.4) is 0 Å². The first-order chi connectivity index (χ1) is 15.3. The van der Waals surface area contributed by atoms with E-state index < -0.39 is 11.7 Å². The lowest BCUT2D eigenvalue weighted by Gasteiger charge is -2.37. The van der Waals surface area contributed by atoms with Crippen molar-refractivity contribution in [3.05, 3.63) is 59.9 Å².